The van der Waals surface area contributed by atoms with Gasteiger partial charge in [-0.3, -0.25) is 15.4 Å². The van der Waals surface area contributed by atoms with Gasteiger partial charge in [0.15, 0.2) is 0 Å². The summed E-state index contributed by atoms with van der Waals surface area (Å²) in [6.07, 6.45) is 0. The van der Waals surface area contributed by atoms with Crippen LogP contribution in [0.15, 0.2) is 30.3 Å². The van der Waals surface area contributed by atoms with Crippen molar-refractivity contribution >= 4 is 29.5 Å². The lowest BCUT2D eigenvalue weighted by Gasteiger charge is -2.44. The standard InChI is InChI=1S/C17H22N4O4S/c1-17(2)12(16(24)25)21-14(23)10(15(21)26-17)19-13(22)11(20(3)18)9-7-5-4-6-8-9/h4-8,10-12,15H,18H2,1-3H3,(H,19,22)(H,24,25)/t10-,11?,12+,15-/m1/s1. The molecule has 0 saturated carbocycles. The summed E-state index contributed by atoms with van der Waals surface area (Å²) >= 11 is 1.39. The van der Waals surface area contributed by atoms with Gasteiger partial charge in [-0.1, -0.05) is 30.3 Å². The predicted octanol–water partition coefficient (Wildman–Crippen LogP) is 0.165. The van der Waals surface area contributed by atoms with Gasteiger partial charge in [-0.05, 0) is 19.4 Å². The molecule has 0 aliphatic carbocycles. The summed E-state index contributed by atoms with van der Waals surface area (Å²) in [6.45, 7) is 3.59. The van der Waals surface area contributed by atoms with E-state index in [1.807, 2.05) is 18.2 Å². The first-order valence-electron chi connectivity index (χ1n) is 8.21. The van der Waals surface area contributed by atoms with Crippen molar-refractivity contribution in [2.75, 3.05) is 7.05 Å². The number of hydrazine groups is 1. The zero-order valence-electron chi connectivity index (χ0n) is 14.7. The number of nitrogens with one attached hydrogen (secondary N) is 1. The molecule has 0 aromatic heterocycles. The zero-order chi connectivity index (χ0) is 19.2. The van der Waals surface area contributed by atoms with E-state index in [1.54, 1.807) is 33.0 Å². The molecule has 0 spiro atoms. The van der Waals surface area contributed by atoms with Crippen molar-refractivity contribution in [3.8, 4) is 0 Å². The van der Waals surface area contributed by atoms with Gasteiger partial charge in [0, 0.05) is 11.8 Å². The molecular weight excluding hydrogens is 356 g/mol. The molecule has 1 aromatic rings. The Morgan fingerprint density at radius 2 is 1.96 bits per heavy atom. The van der Waals surface area contributed by atoms with Gasteiger partial charge in [0.05, 0.1) is 0 Å². The number of rotatable bonds is 5. The third-order valence-electron chi connectivity index (χ3n) is 4.74. The molecule has 2 aliphatic rings. The van der Waals surface area contributed by atoms with Gasteiger partial charge in [-0.15, -0.1) is 11.8 Å². The highest BCUT2D eigenvalue weighted by Crippen LogP contribution is 2.50. The van der Waals surface area contributed by atoms with E-state index >= 15 is 0 Å². The minimum Gasteiger partial charge on any atom is -0.480 e. The molecule has 26 heavy (non-hydrogen) atoms. The normalized spacial score (nSPS) is 27.7. The van der Waals surface area contributed by atoms with Gasteiger partial charge in [-0.2, -0.15) is 0 Å². The van der Waals surface area contributed by atoms with E-state index in [-0.39, 0.29) is 11.3 Å². The lowest BCUT2D eigenvalue weighted by Crippen LogP contribution is -2.71. The van der Waals surface area contributed by atoms with Gasteiger partial charge >= 0.3 is 5.97 Å². The number of hydrogen-bond acceptors (Lipinski definition) is 6. The van der Waals surface area contributed by atoms with E-state index in [4.69, 9.17) is 5.84 Å². The zero-order valence-corrected chi connectivity index (χ0v) is 15.6. The maximum atomic E-state index is 12.8. The smallest absolute Gasteiger partial charge is 0.327 e. The quantitative estimate of drug-likeness (QED) is 0.380. The molecule has 0 bridgehead atoms. The monoisotopic (exact) mass is 378 g/mol. The van der Waals surface area contributed by atoms with Gasteiger partial charge in [0.2, 0.25) is 11.8 Å². The molecule has 2 saturated heterocycles. The van der Waals surface area contributed by atoms with E-state index in [1.165, 1.54) is 21.7 Å². The first kappa shape index (κ1) is 18.7. The number of β-lactam (4-membered cyclic amide) rings is 1. The number of likely N-dealkylation sites (N-methyl/N-ethyl adjacent to an activating group) is 1. The highest BCUT2D eigenvalue weighted by Gasteiger charge is 2.64. The summed E-state index contributed by atoms with van der Waals surface area (Å²) in [5, 5.41) is 13.1. The minimum atomic E-state index is -1.04. The van der Waals surface area contributed by atoms with Crippen LogP contribution in [0.25, 0.3) is 0 Å². The topological polar surface area (TPSA) is 116 Å². The number of thioether (sulfide) groups is 1. The molecule has 4 atom stereocenters. The Labute approximate surface area is 155 Å². The molecule has 1 unspecified atom stereocenters. The number of carboxylic acids is 1. The molecule has 1 aromatic carbocycles. The van der Waals surface area contributed by atoms with Crippen LogP contribution in [0.1, 0.15) is 25.5 Å². The molecule has 140 valence electrons. The van der Waals surface area contributed by atoms with E-state index in [2.05, 4.69) is 5.32 Å². The number of carboxylic acid groups (broad SMARTS) is 1. The maximum Gasteiger partial charge on any atom is 0.327 e. The summed E-state index contributed by atoms with van der Waals surface area (Å²) < 4.78 is -0.630. The second-order valence-electron chi connectivity index (χ2n) is 7.06. The predicted molar refractivity (Wildman–Crippen MR) is 96.8 cm³/mol. The molecule has 2 heterocycles. The highest BCUT2D eigenvalue weighted by atomic mass is 32.2. The van der Waals surface area contributed by atoms with Gasteiger partial charge < -0.3 is 15.3 Å². The fourth-order valence-corrected chi connectivity index (χ4v) is 5.21. The van der Waals surface area contributed by atoms with E-state index in [0.717, 1.165) is 0 Å². The molecule has 3 rings (SSSR count). The van der Waals surface area contributed by atoms with Crippen molar-refractivity contribution in [2.24, 2.45) is 5.84 Å². The van der Waals surface area contributed by atoms with Crippen LogP contribution in [0.4, 0.5) is 0 Å². The van der Waals surface area contributed by atoms with E-state index in [0.29, 0.717) is 5.56 Å². The van der Waals surface area contributed by atoms with Crippen molar-refractivity contribution in [3.05, 3.63) is 35.9 Å². The number of aliphatic carboxylic acids is 1. The Morgan fingerprint density at radius 1 is 1.35 bits per heavy atom. The Bertz CT molecular complexity index is 740. The number of carbonyl (C=O) groups excluding carboxylic acids is 2. The van der Waals surface area contributed by atoms with Crippen molar-refractivity contribution in [1.82, 2.24) is 15.2 Å². The second-order valence-corrected chi connectivity index (χ2v) is 8.83. The van der Waals surface area contributed by atoms with Crippen molar-refractivity contribution in [1.29, 1.82) is 0 Å². The van der Waals surface area contributed by atoms with Crippen LogP contribution in [-0.2, 0) is 14.4 Å². The van der Waals surface area contributed by atoms with Crippen molar-refractivity contribution in [2.45, 2.75) is 42.1 Å². The number of benzene rings is 1. The van der Waals surface area contributed by atoms with Crippen LogP contribution in [-0.4, -0.2) is 62.1 Å². The number of nitrogens with two attached hydrogens (primary N) is 1. The number of nitrogens with zero attached hydrogens (tertiary/aromatic N) is 2. The molecule has 2 amide bonds. The number of carbonyl (C=O) groups is 3. The third kappa shape index (κ3) is 2.95. The molecule has 2 aliphatic heterocycles. The fourth-order valence-electron chi connectivity index (χ4n) is 3.58. The maximum absolute atomic E-state index is 12.8. The van der Waals surface area contributed by atoms with E-state index < -0.39 is 34.7 Å². The Morgan fingerprint density at radius 3 is 2.50 bits per heavy atom. The Kier molecular flexibility index (Phi) is 4.72. The number of hydrogen-bond donors (Lipinski definition) is 3. The summed E-state index contributed by atoms with van der Waals surface area (Å²) in [4.78, 5) is 38.2. The molecule has 8 nitrogen and oxygen atoms in total. The lowest BCUT2D eigenvalue weighted by atomic mass is 9.95. The first-order chi connectivity index (χ1) is 12.1. The molecule has 2 fully saturated rings. The number of amides is 2. The molecule has 0 radical (unpaired) electrons. The highest BCUT2D eigenvalue weighted by molar-refractivity contribution is 8.01. The Balaban J connectivity index is 1.77. The van der Waals surface area contributed by atoms with Gasteiger partial charge in [-0.25, -0.2) is 9.80 Å². The SMILES string of the molecule is CN(N)C(C(=O)N[C@@H]1C(=O)N2[C@@H]1SC(C)(C)[C@@H]2C(=O)O)c1ccccc1. The first-order valence-corrected chi connectivity index (χ1v) is 9.09. The average Bonchev–Trinajstić information content (AvgIpc) is 2.82. The minimum absolute atomic E-state index is 0.375. The third-order valence-corrected chi connectivity index (χ3v) is 6.32. The van der Waals surface area contributed by atoms with Gasteiger partial charge in [0.25, 0.3) is 0 Å². The second kappa shape index (κ2) is 6.57. The average molecular weight is 378 g/mol. The summed E-state index contributed by atoms with van der Waals surface area (Å²) in [7, 11) is 1.58. The largest absolute Gasteiger partial charge is 0.480 e. The molecule has 4 N–H and O–H groups in total. The van der Waals surface area contributed by atoms with Gasteiger partial charge in [0.1, 0.15) is 23.5 Å². The summed E-state index contributed by atoms with van der Waals surface area (Å²) in [5.41, 5.74) is 0.710. The molecule has 9 heteroatoms. The van der Waals surface area contributed by atoms with Crippen LogP contribution in [0.3, 0.4) is 0 Å². The fraction of sp³-hybridized carbons (Fsp3) is 0.471. The van der Waals surface area contributed by atoms with Crippen molar-refractivity contribution < 1.29 is 19.5 Å². The number of fused-ring (bicyclic) bond motifs is 1. The van der Waals surface area contributed by atoms with E-state index in [9.17, 15) is 19.5 Å². The summed E-state index contributed by atoms with van der Waals surface area (Å²) in [6, 6.07) is 6.64. The van der Waals surface area contributed by atoms with Crippen molar-refractivity contribution in [3.63, 3.8) is 0 Å². The van der Waals surface area contributed by atoms with Crippen LogP contribution < -0.4 is 11.2 Å². The van der Waals surface area contributed by atoms with Crippen LogP contribution >= 0.6 is 11.8 Å². The van der Waals surface area contributed by atoms with Crippen LogP contribution in [0.5, 0.6) is 0 Å². The molecular formula is C17H22N4O4S. The Hall–Kier alpha value is -2.10. The van der Waals surface area contributed by atoms with Crippen LogP contribution in [0.2, 0.25) is 0 Å². The van der Waals surface area contributed by atoms with Crippen LogP contribution in [0, 0.1) is 0 Å². The lowest BCUT2D eigenvalue weighted by molar-refractivity contribution is -0.161. The summed E-state index contributed by atoms with van der Waals surface area (Å²) in [5.74, 6) is 4.04.